The monoisotopic (exact) mass is 469 g/mol. The number of carbonyl (C=O) groups excluding carboxylic acids is 1. The number of nitrogens with zero attached hydrogens (tertiary/aromatic N) is 4. The number of benzene rings is 1. The van der Waals surface area contributed by atoms with E-state index in [0.29, 0.717) is 29.3 Å². The fourth-order valence-corrected chi connectivity index (χ4v) is 4.13. The maximum atomic E-state index is 12.7. The van der Waals surface area contributed by atoms with Crippen LogP contribution in [-0.2, 0) is 16.1 Å². The summed E-state index contributed by atoms with van der Waals surface area (Å²) in [5, 5.41) is 14.5. The molecule has 31 heavy (non-hydrogen) atoms. The number of methoxy groups -OCH3 is 1. The molecule has 0 radical (unpaired) electrons. The average Bonchev–Trinajstić information content (AvgIpc) is 3.37. The molecule has 1 saturated heterocycles. The highest BCUT2D eigenvalue weighted by atomic mass is 35.5. The number of hydrogen-bond acceptors (Lipinski definition) is 7. The van der Waals surface area contributed by atoms with Crippen molar-refractivity contribution in [3.63, 3.8) is 0 Å². The highest BCUT2D eigenvalue weighted by molar-refractivity contribution is 5.92. The van der Waals surface area contributed by atoms with Gasteiger partial charge in [0.1, 0.15) is 0 Å². The lowest BCUT2D eigenvalue weighted by molar-refractivity contribution is -0.384. The second-order valence-electron chi connectivity index (χ2n) is 7.34. The van der Waals surface area contributed by atoms with Crippen LogP contribution in [0.1, 0.15) is 37.1 Å². The standard InChI is InChI=1S/C20H23N5O4.2ClH/c1-13-17(19(26)29-2)18(14-6-5-7-15(10-14)25(27)28)24-16(11-21-20(24)22-13)12-23-8-3-4-9-23;;/h5-7,10-11,18H,3-4,8-9,12H2,1-2H3,(H,21,22);2*1H. The minimum atomic E-state index is -0.557. The molecule has 1 atom stereocenters. The molecule has 1 aromatic carbocycles. The molecule has 1 fully saturated rings. The lowest BCUT2D eigenvalue weighted by atomic mass is 9.94. The summed E-state index contributed by atoms with van der Waals surface area (Å²) in [4.78, 5) is 30.4. The van der Waals surface area contributed by atoms with Gasteiger partial charge in [-0.1, -0.05) is 12.1 Å². The third-order valence-electron chi connectivity index (χ3n) is 5.49. The van der Waals surface area contributed by atoms with Gasteiger partial charge in [0.05, 0.1) is 35.5 Å². The Hall–Kier alpha value is -2.62. The van der Waals surface area contributed by atoms with Gasteiger partial charge in [0, 0.05) is 24.4 Å². The molecule has 0 spiro atoms. The van der Waals surface area contributed by atoms with E-state index in [0.717, 1.165) is 18.8 Å². The number of nitrogens with one attached hydrogen (secondary N) is 1. The van der Waals surface area contributed by atoms with E-state index in [1.807, 2.05) is 4.57 Å². The maximum Gasteiger partial charge on any atom is 0.337 e. The Morgan fingerprint density at radius 1 is 1.32 bits per heavy atom. The molecule has 0 aliphatic carbocycles. The van der Waals surface area contributed by atoms with E-state index in [1.165, 1.54) is 32.1 Å². The summed E-state index contributed by atoms with van der Waals surface area (Å²) >= 11 is 0. The van der Waals surface area contributed by atoms with E-state index >= 15 is 0 Å². The normalized spacial score (nSPS) is 17.8. The Kier molecular flexibility index (Phi) is 8.05. The quantitative estimate of drug-likeness (QED) is 0.404. The molecule has 1 unspecified atom stereocenters. The smallest absolute Gasteiger partial charge is 0.337 e. The van der Waals surface area contributed by atoms with E-state index < -0.39 is 16.9 Å². The number of carbonyl (C=O) groups is 1. The van der Waals surface area contributed by atoms with Gasteiger partial charge in [-0.15, -0.1) is 24.8 Å². The first kappa shape index (κ1) is 24.6. The van der Waals surface area contributed by atoms with Gasteiger partial charge in [-0.3, -0.25) is 15.0 Å². The van der Waals surface area contributed by atoms with Crippen LogP contribution in [0.5, 0.6) is 0 Å². The third-order valence-corrected chi connectivity index (χ3v) is 5.49. The summed E-state index contributed by atoms with van der Waals surface area (Å²) in [5.74, 6) is 0.138. The SMILES string of the molecule is COC(=O)C1=C(C)Nc2ncc(CN3CCCC3)n2C1c1cccc([N+](=O)[O-])c1.Cl.Cl. The molecule has 0 saturated carbocycles. The van der Waals surface area contributed by atoms with Crippen molar-refractivity contribution in [3.05, 3.63) is 63.1 Å². The number of hydrogen-bond donors (Lipinski definition) is 1. The number of nitro groups is 1. The van der Waals surface area contributed by atoms with Gasteiger partial charge in [-0.05, 0) is 38.4 Å². The third kappa shape index (κ3) is 4.68. The zero-order valence-corrected chi connectivity index (χ0v) is 18.9. The average molecular weight is 470 g/mol. The summed E-state index contributed by atoms with van der Waals surface area (Å²) < 4.78 is 6.99. The van der Waals surface area contributed by atoms with Crippen molar-refractivity contribution in [1.82, 2.24) is 14.5 Å². The van der Waals surface area contributed by atoms with Gasteiger partial charge < -0.3 is 14.6 Å². The molecule has 1 aromatic heterocycles. The number of non-ortho nitro benzene ring substituents is 1. The summed E-state index contributed by atoms with van der Waals surface area (Å²) in [6.07, 6.45) is 4.14. The van der Waals surface area contributed by atoms with Crippen molar-refractivity contribution in [2.45, 2.75) is 32.4 Å². The predicted octanol–water partition coefficient (Wildman–Crippen LogP) is 3.69. The molecule has 9 nitrogen and oxygen atoms in total. The molecule has 2 aliphatic heterocycles. The van der Waals surface area contributed by atoms with Crippen LogP contribution < -0.4 is 5.32 Å². The number of ether oxygens (including phenoxy) is 1. The molecule has 2 aliphatic rings. The summed E-state index contributed by atoms with van der Waals surface area (Å²) in [6.45, 7) is 4.53. The van der Waals surface area contributed by atoms with Crippen LogP contribution in [0.4, 0.5) is 11.6 Å². The van der Waals surface area contributed by atoms with Gasteiger partial charge in [-0.25, -0.2) is 9.78 Å². The number of anilines is 1. The molecule has 168 valence electrons. The van der Waals surface area contributed by atoms with Gasteiger partial charge >= 0.3 is 5.97 Å². The van der Waals surface area contributed by atoms with Gasteiger partial charge in [0.15, 0.2) is 0 Å². The van der Waals surface area contributed by atoms with Crippen molar-refractivity contribution >= 4 is 42.4 Å². The van der Waals surface area contributed by atoms with Gasteiger partial charge in [0.25, 0.3) is 5.69 Å². The second-order valence-corrected chi connectivity index (χ2v) is 7.34. The van der Waals surface area contributed by atoms with Gasteiger partial charge in [-0.2, -0.15) is 0 Å². The number of aromatic nitrogens is 2. The molecular weight excluding hydrogens is 445 g/mol. The number of allylic oxidation sites excluding steroid dienone is 1. The summed E-state index contributed by atoms with van der Waals surface area (Å²) in [6, 6.07) is 5.83. The Morgan fingerprint density at radius 3 is 2.68 bits per heavy atom. The molecule has 0 amide bonds. The molecule has 0 bridgehead atoms. The number of esters is 1. The number of nitro benzene ring substituents is 1. The van der Waals surface area contributed by atoms with Crippen LogP contribution in [0.15, 0.2) is 41.7 Å². The Balaban J connectivity index is 0.00000171. The van der Waals surface area contributed by atoms with Crippen LogP contribution in [0.2, 0.25) is 0 Å². The topological polar surface area (TPSA) is 103 Å². The Labute approximate surface area is 192 Å². The van der Waals surface area contributed by atoms with Crippen LogP contribution in [0.25, 0.3) is 0 Å². The van der Waals surface area contributed by atoms with Gasteiger partial charge in [0.2, 0.25) is 5.95 Å². The summed E-state index contributed by atoms with van der Waals surface area (Å²) in [5.41, 5.74) is 2.60. The fraction of sp³-hybridized carbons (Fsp3) is 0.400. The first-order chi connectivity index (χ1) is 14.0. The molecular formula is C20H25Cl2N5O4. The van der Waals surface area contributed by atoms with Crippen LogP contribution in [-0.4, -0.2) is 45.5 Å². The first-order valence-electron chi connectivity index (χ1n) is 9.58. The molecule has 2 aromatic rings. The van der Waals surface area contributed by atoms with E-state index in [9.17, 15) is 14.9 Å². The van der Waals surface area contributed by atoms with Crippen LogP contribution >= 0.6 is 24.8 Å². The fourth-order valence-electron chi connectivity index (χ4n) is 4.13. The minimum absolute atomic E-state index is 0. The summed E-state index contributed by atoms with van der Waals surface area (Å²) in [7, 11) is 1.34. The highest BCUT2D eigenvalue weighted by Crippen LogP contribution is 2.38. The zero-order chi connectivity index (χ0) is 20.5. The lowest BCUT2D eigenvalue weighted by Crippen LogP contribution is -2.31. The Morgan fingerprint density at radius 2 is 2.03 bits per heavy atom. The second kappa shape index (κ2) is 10.1. The van der Waals surface area contributed by atoms with Crippen molar-refractivity contribution in [3.8, 4) is 0 Å². The van der Waals surface area contributed by atoms with Crippen LogP contribution in [0, 0.1) is 10.1 Å². The van der Waals surface area contributed by atoms with Crippen molar-refractivity contribution < 1.29 is 14.5 Å². The lowest BCUT2D eigenvalue weighted by Gasteiger charge is -2.31. The predicted molar refractivity (Wildman–Crippen MR) is 121 cm³/mol. The highest BCUT2D eigenvalue weighted by Gasteiger charge is 2.35. The largest absolute Gasteiger partial charge is 0.466 e. The van der Waals surface area contributed by atoms with E-state index in [2.05, 4.69) is 15.2 Å². The molecule has 1 N–H and O–H groups in total. The first-order valence-corrected chi connectivity index (χ1v) is 9.58. The number of fused-ring (bicyclic) bond motifs is 1. The Bertz CT molecular complexity index is 1000. The molecule has 3 heterocycles. The molecule has 4 rings (SSSR count). The molecule has 11 heteroatoms. The van der Waals surface area contributed by atoms with Crippen molar-refractivity contribution in [1.29, 1.82) is 0 Å². The number of imidazole rings is 1. The zero-order valence-electron chi connectivity index (χ0n) is 17.2. The minimum Gasteiger partial charge on any atom is -0.466 e. The maximum absolute atomic E-state index is 12.7. The number of likely N-dealkylation sites (tertiary alicyclic amines) is 1. The van der Waals surface area contributed by atoms with E-state index in [4.69, 9.17) is 4.74 Å². The number of rotatable bonds is 5. The van der Waals surface area contributed by atoms with E-state index in [-0.39, 0.29) is 30.5 Å². The van der Waals surface area contributed by atoms with E-state index in [1.54, 1.807) is 25.3 Å². The van der Waals surface area contributed by atoms with Crippen molar-refractivity contribution in [2.24, 2.45) is 0 Å². The van der Waals surface area contributed by atoms with Crippen LogP contribution in [0.3, 0.4) is 0 Å². The van der Waals surface area contributed by atoms with Crippen molar-refractivity contribution in [2.75, 3.05) is 25.5 Å². The number of halogens is 2.